The normalized spacial score (nSPS) is 11.8. The number of carbonyl (C=O) groups is 2. The molecule has 0 aliphatic heterocycles. The molecule has 8 nitrogen and oxygen atoms in total. The lowest BCUT2D eigenvalue weighted by atomic mass is 10.2. The molecular weight excluding hydrogens is 420 g/mol. The summed E-state index contributed by atoms with van der Waals surface area (Å²) in [5.74, 6) is 0.604. The highest BCUT2D eigenvalue weighted by atomic mass is 32.2. The van der Waals surface area contributed by atoms with Crippen molar-refractivity contribution >= 4 is 56.1 Å². The van der Waals surface area contributed by atoms with Gasteiger partial charge in [-0.1, -0.05) is 18.3 Å². The number of anilines is 2. The lowest BCUT2D eigenvalue weighted by Crippen LogP contribution is -2.28. The molecule has 0 spiro atoms. The van der Waals surface area contributed by atoms with Crippen LogP contribution in [0.4, 0.5) is 11.1 Å². The summed E-state index contributed by atoms with van der Waals surface area (Å²) in [7, 11) is 0. The van der Waals surface area contributed by atoms with Crippen molar-refractivity contribution in [3.05, 3.63) is 36.2 Å². The van der Waals surface area contributed by atoms with E-state index in [0.29, 0.717) is 17.4 Å². The number of carbonyl (C=O) groups excluding carboxylic acids is 2. The van der Waals surface area contributed by atoms with Gasteiger partial charge in [0.05, 0.1) is 16.8 Å². The summed E-state index contributed by atoms with van der Waals surface area (Å²) in [5, 5.41) is 10.0. The molecule has 0 bridgehead atoms. The zero-order chi connectivity index (χ0) is 21.5. The van der Waals surface area contributed by atoms with E-state index in [1.54, 1.807) is 36.3 Å². The Balaban J connectivity index is 1.52. The van der Waals surface area contributed by atoms with Crippen LogP contribution in [0.3, 0.4) is 0 Å². The third-order valence-electron chi connectivity index (χ3n) is 4.22. The Morgan fingerprint density at radius 2 is 1.90 bits per heavy atom. The molecule has 1 amide bonds. The van der Waals surface area contributed by atoms with E-state index in [1.807, 2.05) is 12.3 Å². The Kier molecular flexibility index (Phi) is 7.58. The Hall–Kier alpha value is -2.72. The van der Waals surface area contributed by atoms with Crippen LogP contribution in [0.1, 0.15) is 24.2 Å². The van der Waals surface area contributed by atoms with Crippen LogP contribution in [0.25, 0.3) is 10.2 Å². The predicted molar refractivity (Wildman–Crippen MR) is 123 cm³/mol. The Morgan fingerprint density at radius 1 is 1.17 bits per heavy atom. The van der Waals surface area contributed by atoms with Gasteiger partial charge in [-0.15, -0.1) is 11.8 Å². The fourth-order valence-corrected chi connectivity index (χ4v) is 3.79. The standard InChI is InChI=1S/C20H24N6O2S2/c1-12(7-22-19-23-10-15(29-3)11-24-19)8-25-20-26-16-5-4-14(6-17(16)30-20)18(28)21-9-13(2)27/h4-6,10-12H,7-9H2,1-3H3,(H,21,28)(H,25,26)(H,22,23,24)/t12-/m0/s1. The van der Waals surface area contributed by atoms with E-state index < -0.39 is 0 Å². The third kappa shape index (κ3) is 6.14. The second kappa shape index (κ2) is 10.4. The summed E-state index contributed by atoms with van der Waals surface area (Å²) in [5.41, 5.74) is 1.35. The van der Waals surface area contributed by atoms with E-state index in [1.165, 1.54) is 18.3 Å². The quantitative estimate of drug-likeness (QED) is 0.409. The molecule has 0 fully saturated rings. The van der Waals surface area contributed by atoms with Gasteiger partial charge in [-0.2, -0.15) is 0 Å². The van der Waals surface area contributed by atoms with Crippen molar-refractivity contribution in [2.45, 2.75) is 18.7 Å². The second-order valence-corrected chi connectivity index (χ2v) is 8.81. The molecule has 1 atom stereocenters. The number of nitrogens with one attached hydrogen (secondary N) is 3. The van der Waals surface area contributed by atoms with Crippen LogP contribution >= 0.6 is 23.1 Å². The van der Waals surface area contributed by atoms with Crippen LogP contribution in [0.15, 0.2) is 35.5 Å². The molecule has 0 aliphatic carbocycles. The van der Waals surface area contributed by atoms with Crippen LogP contribution in [-0.4, -0.2) is 52.5 Å². The van der Waals surface area contributed by atoms with Crippen molar-refractivity contribution in [3.8, 4) is 0 Å². The first-order valence-electron chi connectivity index (χ1n) is 9.46. The number of hydrogen-bond acceptors (Lipinski definition) is 9. The number of amides is 1. The van der Waals surface area contributed by atoms with Gasteiger partial charge in [0.15, 0.2) is 5.13 Å². The summed E-state index contributed by atoms with van der Waals surface area (Å²) >= 11 is 3.11. The summed E-state index contributed by atoms with van der Waals surface area (Å²) in [4.78, 5) is 37.3. The number of thiazole rings is 1. The average Bonchev–Trinajstić information content (AvgIpc) is 3.17. The maximum absolute atomic E-state index is 12.1. The Bertz CT molecular complexity index is 1020. The van der Waals surface area contributed by atoms with Gasteiger partial charge in [-0.25, -0.2) is 15.0 Å². The molecule has 1 aromatic carbocycles. The number of ketones is 1. The minimum atomic E-state index is -0.262. The number of fused-ring (bicyclic) bond motifs is 1. The highest BCUT2D eigenvalue weighted by Crippen LogP contribution is 2.27. The molecule has 3 rings (SSSR count). The first-order chi connectivity index (χ1) is 14.4. The van der Waals surface area contributed by atoms with Gasteiger partial charge in [-0.3, -0.25) is 9.59 Å². The molecule has 0 radical (unpaired) electrons. The first-order valence-corrected chi connectivity index (χ1v) is 11.5. The van der Waals surface area contributed by atoms with Crippen LogP contribution in [0.5, 0.6) is 0 Å². The van der Waals surface area contributed by atoms with Crippen molar-refractivity contribution in [1.29, 1.82) is 0 Å². The van der Waals surface area contributed by atoms with Crippen LogP contribution in [-0.2, 0) is 4.79 Å². The monoisotopic (exact) mass is 444 g/mol. The number of nitrogens with zero attached hydrogens (tertiary/aromatic N) is 3. The molecule has 158 valence electrons. The number of hydrogen-bond donors (Lipinski definition) is 3. The topological polar surface area (TPSA) is 109 Å². The summed E-state index contributed by atoms with van der Waals surface area (Å²) in [6.07, 6.45) is 5.60. The fraction of sp³-hybridized carbons (Fsp3) is 0.350. The van der Waals surface area contributed by atoms with Crippen molar-refractivity contribution < 1.29 is 9.59 Å². The van der Waals surface area contributed by atoms with Crippen molar-refractivity contribution in [2.24, 2.45) is 5.92 Å². The molecule has 0 unspecified atom stereocenters. The highest BCUT2D eigenvalue weighted by molar-refractivity contribution is 7.98. The van der Waals surface area contributed by atoms with E-state index in [9.17, 15) is 9.59 Å². The summed E-state index contributed by atoms with van der Waals surface area (Å²) < 4.78 is 0.918. The Labute approximate surface area is 183 Å². The molecule has 10 heteroatoms. The second-order valence-electron chi connectivity index (χ2n) is 6.90. The summed E-state index contributed by atoms with van der Waals surface area (Å²) in [6, 6.07) is 5.34. The van der Waals surface area contributed by atoms with Gasteiger partial charge in [-0.05, 0) is 37.3 Å². The lowest BCUT2D eigenvalue weighted by Gasteiger charge is -2.13. The molecule has 2 aromatic heterocycles. The van der Waals surface area contributed by atoms with Gasteiger partial charge in [0.1, 0.15) is 5.78 Å². The molecule has 30 heavy (non-hydrogen) atoms. The van der Waals surface area contributed by atoms with E-state index in [0.717, 1.165) is 33.3 Å². The minimum absolute atomic E-state index is 0.0328. The zero-order valence-corrected chi connectivity index (χ0v) is 18.7. The number of aromatic nitrogens is 3. The van der Waals surface area contributed by atoms with Crippen LogP contribution in [0.2, 0.25) is 0 Å². The first kappa shape index (κ1) is 22.0. The lowest BCUT2D eigenvalue weighted by molar-refractivity contribution is -0.116. The van der Waals surface area contributed by atoms with E-state index in [4.69, 9.17) is 0 Å². The van der Waals surface area contributed by atoms with Gasteiger partial charge in [0.2, 0.25) is 5.95 Å². The number of Topliss-reactive ketones (excluding diaryl/α,β-unsaturated/α-hetero) is 1. The van der Waals surface area contributed by atoms with Gasteiger partial charge >= 0.3 is 0 Å². The van der Waals surface area contributed by atoms with Crippen LogP contribution < -0.4 is 16.0 Å². The predicted octanol–water partition coefficient (Wildman–Crippen LogP) is 3.29. The van der Waals surface area contributed by atoms with Crippen LogP contribution in [0, 0.1) is 5.92 Å². The van der Waals surface area contributed by atoms with Crippen molar-refractivity contribution in [3.63, 3.8) is 0 Å². The van der Waals surface area contributed by atoms with E-state index in [2.05, 4.69) is 37.8 Å². The molecule has 2 heterocycles. The maximum Gasteiger partial charge on any atom is 0.251 e. The molecule has 0 saturated carbocycles. The minimum Gasteiger partial charge on any atom is -0.361 e. The smallest absolute Gasteiger partial charge is 0.251 e. The van der Waals surface area contributed by atoms with Gasteiger partial charge in [0.25, 0.3) is 5.91 Å². The largest absolute Gasteiger partial charge is 0.361 e. The summed E-state index contributed by atoms with van der Waals surface area (Å²) in [6.45, 7) is 5.07. The molecular formula is C20H24N6O2S2. The average molecular weight is 445 g/mol. The highest BCUT2D eigenvalue weighted by Gasteiger charge is 2.11. The molecule has 3 N–H and O–H groups in total. The van der Waals surface area contributed by atoms with Crippen molar-refractivity contribution in [2.75, 3.05) is 36.5 Å². The molecule has 0 saturated heterocycles. The maximum atomic E-state index is 12.1. The van der Waals surface area contributed by atoms with E-state index >= 15 is 0 Å². The third-order valence-corrected chi connectivity index (χ3v) is 5.88. The SMILES string of the molecule is CSc1cnc(NC[C@H](C)CNc2nc3ccc(C(=O)NCC(C)=O)cc3s2)nc1. The van der Waals surface area contributed by atoms with Gasteiger partial charge in [0, 0.05) is 35.9 Å². The molecule has 0 aliphatic rings. The molecule has 3 aromatic rings. The van der Waals surface area contributed by atoms with Gasteiger partial charge < -0.3 is 16.0 Å². The number of benzene rings is 1. The number of rotatable bonds is 10. The van der Waals surface area contributed by atoms with Crippen molar-refractivity contribution in [1.82, 2.24) is 20.3 Å². The zero-order valence-electron chi connectivity index (χ0n) is 17.1. The number of thioether (sulfide) groups is 1. The Morgan fingerprint density at radius 3 is 2.60 bits per heavy atom. The fourth-order valence-electron chi connectivity index (χ4n) is 2.56. The van der Waals surface area contributed by atoms with E-state index in [-0.39, 0.29) is 18.2 Å².